The number of hydrogen-bond acceptors (Lipinski definition) is 6. The summed E-state index contributed by atoms with van der Waals surface area (Å²) in [6.07, 6.45) is 3.24. The molecule has 2 heterocycles. The third kappa shape index (κ3) is 3.35. The summed E-state index contributed by atoms with van der Waals surface area (Å²) in [6.45, 7) is 3.94. The van der Waals surface area contributed by atoms with Crippen LogP contribution in [0.1, 0.15) is 23.4 Å². The van der Waals surface area contributed by atoms with Crippen LogP contribution in [-0.4, -0.2) is 30.1 Å². The van der Waals surface area contributed by atoms with Crippen molar-refractivity contribution in [3.63, 3.8) is 0 Å². The van der Waals surface area contributed by atoms with Gasteiger partial charge in [0.2, 0.25) is 0 Å². The molecule has 0 fully saturated rings. The molecule has 0 aliphatic heterocycles. The van der Waals surface area contributed by atoms with Crippen molar-refractivity contribution in [2.24, 2.45) is 0 Å². The van der Waals surface area contributed by atoms with Gasteiger partial charge in [-0.3, -0.25) is 5.10 Å². The van der Waals surface area contributed by atoms with Gasteiger partial charge >= 0.3 is 0 Å². The fourth-order valence-corrected chi connectivity index (χ4v) is 4.25. The second-order valence-corrected chi connectivity index (χ2v) is 7.44. The van der Waals surface area contributed by atoms with Crippen LogP contribution < -0.4 is 10.5 Å². The zero-order chi connectivity index (χ0) is 14.8. The molecule has 20 heavy (non-hydrogen) atoms. The Morgan fingerprint density at radius 3 is 2.75 bits per heavy atom. The Labute approximate surface area is 121 Å². The van der Waals surface area contributed by atoms with Crippen molar-refractivity contribution in [2.75, 3.05) is 12.3 Å². The monoisotopic (exact) mass is 315 g/mol. The van der Waals surface area contributed by atoms with Crippen LogP contribution in [0, 0.1) is 13.8 Å². The Balaban J connectivity index is 1.90. The topological polar surface area (TPSA) is 114 Å². The number of hydrogen-bond donors (Lipinski definition) is 3. The second-order valence-electron chi connectivity index (χ2n) is 4.45. The number of anilines is 1. The Morgan fingerprint density at radius 1 is 1.45 bits per heavy atom. The molecule has 0 bridgehead atoms. The van der Waals surface area contributed by atoms with Gasteiger partial charge in [0, 0.05) is 12.2 Å². The Morgan fingerprint density at radius 2 is 2.20 bits per heavy atom. The summed E-state index contributed by atoms with van der Waals surface area (Å²) in [4.78, 5) is 3.92. The van der Waals surface area contributed by atoms with Crippen LogP contribution in [-0.2, 0) is 16.4 Å². The molecule has 2 rings (SSSR count). The molecule has 0 atom stereocenters. The quantitative estimate of drug-likeness (QED) is 0.687. The molecule has 0 unspecified atom stereocenters. The molecule has 0 aliphatic rings. The molecule has 2 aromatic heterocycles. The zero-order valence-corrected chi connectivity index (χ0v) is 12.9. The number of aromatic amines is 1. The number of thiazole rings is 1. The highest BCUT2D eigenvalue weighted by atomic mass is 32.2. The molecule has 0 spiro atoms. The number of nitrogens with two attached hydrogens (primary N) is 1. The first-order valence-corrected chi connectivity index (χ1v) is 8.41. The minimum Gasteiger partial charge on any atom is -0.375 e. The lowest BCUT2D eigenvalue weighted by molar-refractivity contribution is 0.580. The highest BCUT2D eigenvalue weighted by Crippen LogP contribution is 2.24. The van der Waals surface area contributed by atoms with E-state index in [-0.39, 0.29) is 9.34 Å². The van der Waals surface area contributed by atoms with E-state index >= 15 is 0 Å². The third-order valence-corrected chi connectivity index (χ3v) is 5.92. The van der Waals surface area contributed by atoms with Gasteiger partial charge in [-0.1, -0.05) is 11.3 Å². The minimum absolute atomic E-state index is 0.189. The summed E-state index contributed by atoms with van der Waals surface area (Å²) in [5.41, 5.74) is 8.06. The summed E-state index contributed by atoms with van der Waals surface area (Å²) in [6, 6.07) is 0. The van der Waals surface area contributed by atoms with Gasteiger partial charge in [-0.15, -0.1) is 0 Å². The van der Waals surface area contributed by atoms with Crippen molar-refractivity contribution in [3.05, 3.63) is 23.1 Å². The highest BCUT2D eigenvalue weighted by Gasteiger charge is 2.20. The van der Waals surface area contributed by atoms with Crippen molar-refractivity contribution < 1.29 is 8.42 Å². The van der Waals surface area contributed by atoms with E-state index < -0.39 is 10.0 Å². The van der Waals surface area contributed by atoms with E-state index in [1.54, 1.807) is 13.1 Å². The second kappa shape index (κ2) is 5.90. The third-order valence-electron chi connectivity index (χ3n) is 2.86. The molecule has 0 aliphatic carbocycles. The van der Waals surface area contributed by atoms with E-state index in [1.165, 1.54) is 0 Å². The Bertz CT molecular complexity index is 689. The first-order chi connectivity index (χ1) is 9.40. The zero-order valence-electron chi connectivity index (χ0n) is 11.3. The molecule has 2 aromatic rings. The molecule has 4 N–H and O–H groups in total. The maximum atomic E-state index is 12.1. The largest absolute Gasteiger partial charge is 0.375 e. The number of aromatic nitrogens is 3. The van der Waals surface area contributed by atoms with Crippen molar-refractivity contribution in [2.45, 2.75) is 30.9 Å². The van der Waals surface area contributed by atoms with Gasteiger partial charge in [0.05, 0.1) is 11.9 Å². The van der Waals surface area contributed by atoms with Gasteiger partial charge in [0.1, 0.15) is 0 Å². The molecule has 7 nitrogen and oxygen atoms in total. The Kier molecular flexibility index (Phi) is 4.41. The molecule has 0 radical (unpaired) electrons. The number of nitrogens with one attached hydrogen (secondary N) is 2. The average molecular weight is 315 g/mol. The molecule has 0 aromatic carbocycles. The van der Waals surface area contributed by atoms with Crippen LogP contribution in [0.4, 0.5) is 5.13 Å². The normalized spacial score (nSPS) is 11.9. The van der Waals surface area contributed by atoms with Gasteiger partial charge in [-0.2, -0.15) is 5.10 Å². The van der Waals surface area contributed by atoms with E-state index in [4.69, 9.17) is 5.73 Å². The predicted octanol–water partition coefficient (Wildman–Crippen LogP) is 0.976. The van der Waals surface area contributed by atoms with E-state index in [0.29, 0.717) is 18.7 Å². The van der Waals surface area contributed by atoms with E-state index in [9.17, 15) is 8.42 Å². The summed E-state index contributed by atoms with van der Waals surface area (Å²) in [7, 11) is -3.52. The van der Waals surface area contributed by atoms with Crippen LogP contribution in [0.3, 0.4) is 0 Å². The van der Waals surface area contributed by atoms with Gasteiger partial charge in [-0.25, -0.2) is 18.1 Å². The molecular formula is C11H17N5O2S2. The van der Waals surface area contributed by atoms with E-state index in [2.05, 4.69) is 19.9 Å². The number of H-pyrrole nitrogens is 1. The first kappa shape index (κ1) is 14.9. The lowest BCUT2D eigenvalue weighted by Gasteiger charge is -2.05. The van der Waals surface area contributed by atoms with Crippen LogP contribution in [0.15, 0.2) is 10.4 Å². The minimum atomic E-state index is -3.52. The molecule has 110 valence electrons. The number of aryl methyl sites for hydroxylation is 3. The smallest absolute Gasteiger partial charge is 0.252 e. The number of nitrogens with zero attached hydrogens (tertiary/aromatic N) is 2. The summed E-state index contributed by atoms with van der Waals surface area (Å²) >= 11 is 0.981. The summed E-state index contributed by atoms with van der Waals surface area (Å²) < 4.78 is 26.9. The SMILES string of the molecule is Cc1nc(N)sc1S(=O)(=O)NCCCc1cn[nH]c1C. The highest BCUT2D eigenvalue weighted by molar-refractivity contribution is 7.91. The van der Waals surface area contributed by atoms with Gasteiger partial charge in [-0.05, 0) is 32.3 Å². The first-order valence-electron chi connectivity index (χ1n) is 6.11. The standard InChI is InChI=1S/C11H17N5O2S2/c1-7-9(6-13-16-7)4-3-5-14-20(17,18)10-8(2)15-11(12)19-10/h6,14H,3-5H2,1-2H3,(H2,12,15)(H,13,16). The van der Waals surface area contributed by atoms with Crippen LogP contribution in [0.5, 0.6) is 0 Å². The van der Waals surface area contributed by atoms with E-state index in [0.717, 1.165) is 29.0 Å². The van der Waals surface area contributed by atoms with Crippen molar-refractivity contribution >= 4 is 26.5 Å². The summed E-state index contributed by atoms with van der Waals surface area (Å²) in [5.74, 6) is 0. The molecule has 0 saturated carbocycles. The number of nitrogen functional groups attached to an aromatic ring is 1. The van der Waals surface area contributed by atoms with Crippen LogP contribution in [0.2, 0.25) is 0 Å². The van der Waals surface area contributed by atoms with Crippen molar-refractivity contribution in [1.82, 2.24) is 19.9 Å². The van der Waals surface area contributed by atoms with Gasteiger partial charge in [0.25, 0.3) is 10.0 Å². The molecule has 9 heteroatoms. The van der Waals surface area contributed by atoms with Gasteiger partial charge < -0.3 is 5.73 Å². The molecule has 0 amide bonds. The number of sulfonamides is 1. The molecular weight excluding hydrogens is 298 g/mol. The lowest BCUT2D eigenvalue weighted by Crippen LogP contribution is -2.25. The van der Waals surface area contributed by atoms with Gasteiger partial charge in [0.15, 0.2) is 9.34 Å². The van der Waals surface area contributed by atoms with Crippen LogP contribution in [0.25, 0.3) is 0 Å². The van der Waals surface area contributed by atoms with Crippen molar-refractivity contribution in [1.29, 1.82) is 0 Å². The molecule has 0 saturated heterocycles. The maximum absolute atomic E-state index is 12.1. The fraction of sp³-hybridized carbons (Fsp3) is 0.455. The predicted molar refractivity (Wildman–Crippen MR) is 78.1 cm³/mol. The lowest BCUT2D eigenvalue weighted by atomic mass is 10.1. The number of rotatable bonds is 6. The average Bonchev–Trinajstić information content (AvgIpc) is 2.91. The van der Waals surface area contributed by atoms with E-state index in [1.807, 2.05) is 6.92 Å². The summed E-state index contributed by atoms with van der Waals surface area (Å²) in [5, 5.41) is 7.04. The fourth-order valence-electron chi connectivity index (χ4n) is 1.83. The van der Waals surface area contributed by atoms with Crippen LogP contribution >= 0.6 is 11.3 Å². The van der Waals surface area contributed by atoms with Crippen molar-refractivity contribution in [3.8, 4) is 0 Å². The maximum Gasteiger partial charge on any atom is 0.252 e. The Hall–Kier alpha value is -1.45.